The van der Waals surface area contributed by atoms with E-state index >= 15 is 0 Å². The van der Waals surface area contributed by atoms with Gasteiger partial charge in [-0.25, -0.2) is 0 Å². The van der Waals surface area contributed by atoms with E-state index in [-0.39, 0.29) is 29.4 Å². The maximum atomic E-state index is 12.3. The van der Waals surface area contributed by atoms with Crippen molar-refractivity contribution in [2.75, 3.05) is 13.2 Å². The summed E-state index contributed by atoms with van der Waals surface area (Å²) in [6, 6.07) is 6.83. The zero-order valence-electron chi connectivity index (χ0n) is 13.6. The van der Waals surface area contributed by atoms with Crippen LogP contribution in [0, 0.1) is 11.8 Å². The van der Waals surface area contributed by atoms with Gasteiger partial charge in [0.2, 0.25) is 17.6 Å². The predicted molar refractivity (Wildman–Crippen MR) is 91.6 cm³/mol. The Balaban J connectivity index is 1.56. The van der Waals surface area contributed by atoms with Crippen LogP contribution in [0.15, 0.2) is 28.7 Å². The number of rotatable bonds is 5. The third-order valence-corrected chi connectivity index (χ3v) is 5.45. The molecule has 2 aliphatic rings. The number of likely N-dealkylation sites (tertiary alicyclic amines) is 1. The summed E-state index contributed by atoms with van der Waals surface area (Å²) < 4.78 is 5.59. The van der Waals surface area contributed by atoms with Crippen molar-refractivity contribution >= 4 is 39.5 Å². The first-order valence-electron chi connectivity index (χ1n) is 8.27. The Morgan fingerprint density at radius 2 is 1.68 bits per heavy atom. The summed E-state index contributed by atoms with van der Waals surface area (Å²) in [6.45, 7) is -0.849. The number of benzene rings is 1. The lowest BCUT2D eigenvalue weighted by atomic mass is 9.81. The van der Waals surface area contributed by atoms with E-state index in [2.05, 4.69) is 15.9 Å². The Morgan fingerprint density at radius 1 is 1.08 bits per heavy atom. The standard InChI is InChI=1S/C18H18BrNO5/c19-14-8-4-3-7-13(14)15(21)10-25-16(22)9-20-17(23)11-5-1-2-6-12(11)18(20)24/h3-4,7-8,11-12H,1-2,5-6,9-10H2. The molecule has 0 bridgehead atoms. The number of fused-ring (bicyclic) bond motifs is 1. The summed E-state index contributed by atoms with van der Waals surface area (Å²) in [5.41, 5.74) is 0.412. The molecule has 2 fully saturated rings. The largest absolute Gasteiger partial charge is 0.456 e. The summed E-state index contributed by atoms with van der Waals surface area (Å²) in [4.78, 5) is 49.7. The number of hydrogen-bond acceptors (Lipinski definition) is 5. The highest BCUT2D eigenvalue weighted by atomic mass is 79.9. The Hall–Kier alpha value is -2.02. The average Bonchev–Trinajstić information content (AvgIpc) is 2.85. The first kappa shape index (κ1) is 17.8. The minimum absolute atomic E-state index is 0.288. The molecule has 1 saturated heterocycles. The molecule has 0 aromatic heterocycles. The molecule has 1 aliphatic heterocycles. The molecule has 6 nitrogen and oxygen atoms in total. The Morgan fingerprint density at radius 3 is 2.28 bits per heavy atom. The van der Waals surface area contributed by atoms with E-state index in [1.807, 2.05) is 0 Å². The van der Waals surface area contributed by atoms with Gasteiger partial charge in [-0.15, -0.1) is 0 Å². The maximum absolute atomic E-state index is 12.3. The maximum Gasteiger partial charge on any atom is 0.326 e. The molecular formula is C18H18BrNO5. The topological polar surface area (TPSA) is 80.8 Å². The highest BCUT2D eigenvalue weighted by Gasteiger charge is 2.48. The number of hydrogen-bond donors (Lipinski definition) is 0. The summed E-state index contributed by atoms with van der Waals surface area (Å²) in [5, 5.41) is 0. The smallest absolute Gasteiger partial charge is 0.326 e. The molecular weight excluding hydrogens is 390 g/mol. The molecule has 1 aliphatic carbocycles. The van der Waals surface area contributed by atoms with E-state index in [0.717, 1.165) is 17.7 Å². The van der Waals surface area contributed by atoms with Gasteiger partial charge < -0.3 is 4.74 Å². The van der Waals surface area contributed by atoms with Gasteiger partial charge in [0, 0.05) is 10.0 Å². The molecule has 1 heterocycles. The van der Waals surface area contributed by atoms with Crippen LogP contribution in [0.5, 0.6) is 0 Å². The Bertz CT molecular complexity index is 708. The van der Waals surface area contributed by atoms with Crippen molar-refractivity contribution in [3.8, 4) is 0 Å². The van der Waals surface area contributed by atoms with Gasteiger partial charge in [0.05, 0.1) is 11.8 Å². The second-order valence-electron chi connectivity index (χ2n) is 6.32. The fraction of sp³-hybridized carbons (Fsp3) is 0.444. The fourth-order valence-corrected chi connectivity index (χ4v) is 3.98. The molecule has 25 heavy (non-hydrogen) atoms. The Kier molecular flexibility index (Phi) is 5.32. The van der Waals surface area contributed by atoms with Crippen LogP contribution in [0.3, 0.4) is 0 Å². The third kappa shape index (κ3) is 3.66. The molecule has 0 spiro atoms. The minimum atomic E-state index is -0.749. The van der Waals surface area contributed by atoms with Crippen molar-refractivity contribution in [3.63, 3.8) is 0 Å². The van der Waals surface area contributed by atoms with Crippen molar-refractivity contribution in [3.05, 3.63) is 34.3 Å². The predicted octanol–water partition coefficient (Wildman–Crippen LogP) is 2.35. The molecule has 3 rings (SSSR count). The van der Waals surface area contributed by atoms with Crippen LogP contribution < -0.4 is 0 Å². The SMILES string of the molecule is O=C(CN1C(=O)C2CCCCC2C1=O)OCC(=O)c1ccccc1Br. The van der Waals surface area contributed by atoms with Crippen molar-refractivity contribution in [1.82, 2.24) is 4.90 Å². The zero-order chi connectivity index (χ0) is 18.0. The van der Waals surface area contributed by atoms with E-state index in [0.29, 0.717) is 22.9 Å². The molecule has 1 saturated carbocycles. The van der Waals surface area contributed by atoms with E-state index in [1.54, 1.807) is 24.3 Å². The van der Waals surface area contributed by atoms with Gasteiger partial charge in [-0.1, -0.05) is 47.0 Å². The molecule has 0 radical (unpaired) electrons. The number of Topliss-reactive ketones (excluding diaryl/α,β-unsaturated/α-hetero) is 1. The normalized spacial score (nSPS) is 22.7. The van der Waals surface area contributed by atoms with Gasteiger partial charge in [0.15, 0.2) is 6.61 Å². The molecule has 1 aromatic carbocycles. The van der Waals surface area contributed by atoms with Gasteiger partial charge in [0.25, 0.3) is 0 Å². The lowest BCUT2D eigenvalue weighted by molar-refractivity contribution is -0.152. The molecule has 1 aromatic rings. The number of halogens is 1. The van der Waals surface area contributed by atoms with Crippen LogP contribution in [0.2, 0.25) is 0 Å². The Labute approximate surface area is 153 Å². The summed E-state index contributed by atoms with van der Waals surface area (Å²) >= 11 is 3.27. The van der Waals surface area contributed by atoms with Crippen LogP contribution >= 0.6 is 15.9 Å². The first-order chi connectivity index (χ1) is 12.0. The minimum Gasteiger partial charge on any atom is -0.456 e. The number of carbonyl (C=O) groups excluding carboxylic acids is 4. The van der Waals surface area contributed by atoms with E-state index < -0.39 is 19.1 Å². The van der Waals surface area contributed by atoms with Gasteiger partial charge in [-0.3, -0.25) is 24.1 Å². The molecule has 2 unspecified atom stereocenters. The van der Waals surface area contributed by atoms with Crippen LogP contribution in [-0.2, 0) is 19.1 Å². The first-order valence-corrected chi connectivity index (χ1v) is 9.07. The second kappa shape index (κ2) is 7.47. The number of imide groups is 1. The number of nitrogens with zero attached hydrogens (tertiary/aromatic N) is 1. The lowest BCUT2D eigenvalue weighted by Gasteiger charge is -2.19. The van der Waals surface area contributed by atoms with E-state index in [4.69, 9.17) is 4.74 Å². The number of ether oxygens (including phenoxy) is 1. The van der Waals surface area contributed by atoms with Crippen LogP contribution in [-0.4, -0.2) is 41.6 Å². The number of carbonyl (C=O) groups is 4. The van der Waals surface area contributed by atoms with Crippen molar-refractivity contribution in [2.45, 2.75) is 25.7 Å². The van der Waals surface area contributed by atoms with Gasteiger partial charge in [-0.05, 0) is 18.9 Å². The summed E-state index contributed by atoms with van der Waals surface area (Å²) in [5.74, 6) is -2.27. The summed E-state index contributed by atoms with van der Waals surface area (Å²) in [7, 11) is 0. The van der Waals surface area contributed by atoms with E-state index in [1.165, 1.54) is 0 Å². The number of amides is 2. The molecule has 7 heteroatoms. The fourth-order valence-electron chi connectivity index (χ4n) is 3.47. The monoisotopic (exact) mass is 407 g/mol. The van der Waals surface area contributed by atoms with Crippen molar-refractivity contribution in [1.29, 1.82) is 0 Å². The van der Waals surface area contributed by atoms with Crippen LogP contribution in [0.1, 0.15) is 36.0 Å². The van der Waals surface area contributed by atoms with Crippen molar-refractivity contribution < 1.29 is 23.9 Å². The highest BCUT2D eigenvalue weighted by Crippen LogP contribution is 2.37. The van der Waals surface area contributed by atoms with Gasteiger partial charge in [-0.2, -0.15) is 0 Å². The zero-order valence-corrected chi connectivity index (χ0v) is 15.2. The average molecular weight is 408 g/mol. The molecule has 2 amide bonds. The van der Waals surface area contributed by atoms with Gasteiger partial charge in [0.1, 0.15) is 6.54 Å². The number of esters is 1. The van der Waals surface area contributed by atoms with Crippen LogP contribution in [0.25, 0.3) is 0 Å². The van der Waals surface area contributed by atoms with Gasteiger partial charge >= 0.3 is 5.97 Å². The second-order valence-corrected chi connectivity index (χ2v) is 7.18. The van der Waals surface area contributed by atoms with Crippen LogP contribution in [0.4, 0.5) is 0 Å². The van der Waals surface area contributed by atoms with Crippen molar-refractivity contribution in [2.24, 2.45) is 11.8 Å². The number of ketones is 1. The quantitative estimate of drug-likeness (QED) is 0.425. The highest BCUT2D eigenvalue weighted by molar-refractivity contribution is 9.10. The lowest BCUT2D eigenvalue weighted by Crippen LogP contribution is -2.37. The summed E-state index contributed by atoms with van der Waals surface area (Å²) in [6.07, 6.45) is 3.25. The molecule has 2 atom stereocenters. The van der Waals surface area contributed by atoms with E-state index in [9.17, 15) is 19.2 Å². The molecule has 132 valence electrons. The third-order valence-electron chi connectivity index (χ3n) is 4.76. The molecule has 0 N–H and O–H groups in total.